The van der Waals surface area contributed by atoms with Crippen molar-refractivity contribution in [2.45, 2.75) is 18.1 Å². The average Bonchev–Trinajstić information content (AvgIpc) is 3.25. The first kappa shape index (κ1) is 15.8. The number of aromatic nitrogens is 3. The Morgan fingerprint density at radius 1 is 1.35 bits per heavy atom. The number of hydrogen-bond acceptors (Lipinski definition) is 5. The fraction of sp³-hybridized carbons (Fsp3) is 0.188. The third-order valence-corrected chi connectivity index (χ3v) is 5.09. The number of amides is 1. The van der Waals surface area contributed by atoms with Crippen molar-refractivity contribution in [1.29, 1.82) is 0 Å². The van der Waals surface area contributed by atoms with Gasteiger partial charge in [0.2, 0.25) is 5.91 Å². The van der Waals surface area contributed by atoms with Gasteiger partial charge >= 0.3 is 0 Å². The minimum Gasteiger partial charge on any atom is -0.344 e. The summed E-state index contributed by atoms with van der Waals surface area (Å²) in [7, 11) is 0. The molecule has 118 valence electrons. The number of aryl methyl sites for hydroxylation is 1. The van der Waals surface area contributed by atoms with E-state index < -0.39 is 0 Å². The number of nitrogens with one attached hydrogen (secondary N) is 2. The van der Waals surface area contributed by atoms with Gasteiger partial charge in [-0.25, -0.2) is 4.98 Å². The zero-order valence-electron chi connectivity index (χ0n) is 12.5. The van der Waals surface area contributed by atoms with Crippen molar-refractivity contribution < 1.29 is 4.79 Å². The maximum Gasteiger partial charge on any atom is 0.231 e. The second-order valence-corrected chi connectivity index (χ2v) is 6.95. The van der Waals surface area contributed by atoms with Crippen LogP contribution in [-0.4, -0.2) is 26.8 Å². The molecule has 0 saturated heterocycles. The minimum absolute atomic E-state index is 0.0367. The van der Waals surface area contributed by atoms with Crippen molar-refractivity contribution in [2.75, 3.05) is 5.75 Å². The van der Waals surface area contributed by atoms with Crippen LogP contribution in [0.2, 0.25) is 0 Å². The van der Waals surface area contributed by atoms with Crippen molar-refractivity contribution in [3.05, 3.63) is 64.1 Å². The summed E-state index contributed by atoms with van der Waals surface area (Å²) in [5.41, 5.74) is 2.28. The topological polar surface area (TPSA) is 70.7 Å². The van der Waals surface area contributed by atoms with Crippen LogP contribution in [0.3, 0.4) is 0 Å². The van der Waals surface area contributed by atoms with Gasteiger partial charge in [-0.05, 0) is 23.9 Å². The molecule has 0 saturated carbocycles. The molecule has 2 N–H and O–H groups in total. The van der Waals surface area contributed by atoms with Gasteiger partial charge < -0.3 is 5.32 Å². The number of rotatable bonds is 6. The highest BCUT2D eigenvalue weighted by Crippen LogP contribution is 2.26. The Bertz CT molecular complexity index is 739. The SMILES string of the molecule is Cc1ccc(C(NC(=O)CSc2ncn[nH]2)c2cccs2)cc1. The van der Waals surface area contributed by atoms with Gasteiger partial charge in [0, 0.05) is 4.88 Å². The zero-order valence-corrected chi connectivity index (χ0v) is 14.2. The number of H-pyrrole nitrogens is 1. The molecule has 3 rings (SSSR count). The second-order valence-electron chi connectivity index (χ2n) is 5.01. The molecule has 7 heteroatoms. The summed E-state index contributed by atoms with van der Waals surface area (Å²) in [4.78, 5) is 17.4. The van der Waals surface area contributed by atoms with E-state index in [4.69, 9.17) is 0 Å². The lowest BCUT2D eigenvalue weighted by Gasteiger charge is -2.18. The largest absolute Gasteiger partial charge is 0.344 e. The lowest BCUT2D eigenvalue weighted by Crippen LogP contribution is -2.30. The van der Waals surface area contributed by atoms with Gasteiger partial charge in [-0.1, -0.05) is 47.7 Å². The Kier molecular flexibility index (Phi) is 5.09. The van der Waals surface area contributed by atoms with E-state index in [1.165, 1.54) is 23.7 Å². The number of carbonyl (C=O) groups is 1. The maximum absolute atomic E-state index is 12.3. The van der Waals surface area contributed by atoms with Crippen molar-refractivity contribution in [3.63, 3.8) is 0 Å². The normalized spacial score (nSPS) is 12.0. The van der Waals surface area contributed by atoms with E-state index in [1.54, 1.807) is 11.3 Å². The molecule has 2 heterocycles. The van der Waals surface area contributed by atoms with E-state index in [9.17, 15) is 4.79 Å². The Hall–Kier alpha value is -2.12. The Morgan fingerprint density at radius 2 is 2.17 bits per heavy atom. The first-order chi connectivity index (χ1) is 11.2. The third-order valence-electron chi connectivity index (χ3n) is 3.28. The number of benzene rings is 1. The van der Waals surface area contributed by atoms with Crippen LogP contribution in [0.25, 0.3) is 0 Å². The molecule has 3 aromatic rings. The summed E-state index contributed by atoms with van der Waals surface area (Å²) in [6.07, 6.45) is 1.43. The predicted octanol–water partition coefficient (Wildman–Crippen LogP) is 3.17. The molecule has 0 aliphatic rings. The summed E-state index contributed by atoms with van der Waals surface area (Å²) in [6.45, 7) is 2.05. The Morgan fingerprint density at radius 3 is 2.83 bits per heavy atom. The van der Waals surface area contributed by atoms with Crippen molar-refractivity contribution in [1.82, 2.24) is 20.5 Å². The van der Waals surface area contributed by atoms with Gasteiger partial charge in [0.25, 0.3) is 0 Å². The first-order valence-corrected chi connectivity index (χ1v) is 8.96. The summed E-state index contributed by atoms with van der Waals surface area (Å²) >= 11 is 2.97. The lowest BCUT2D eigenvalue weighted by molar-refractivity contribution is -0.119. The summed E-state index contributed by atoms with van der Waals surface area (Å²) in [5.74, 6) is 0.258. The number of nitrogens with zero attached hydrogens (tertiary/aromatic N) is 2. The number of thioether (sulfide) groups is 1. The molecular weight excluding hydrogens is 328 g/mol. The molecule has 0 aliphatic carbocycles. The highest BCUT2D eigenvalue weighted by Gasteiger charge is 2.18. The lowest BCUT2D eigenvalue weighted by atomic mass is 10.0. The minimum atomic E-state index is -0.126. The van der Waals surface area contributed by atoms with E-state index in [-0.39, 0.29) is 11.9 Å². The highest BCUT2D eigenvalue weighted by atomic mass is 32.2. The van der Waals surface area contributed by atoms with Crippen molar-refractivity contribution >= 4 is 29.0 Å². The smallest absolute Gasteiger partial charge is 0.231 e. The van der Waals surface area contributed by atoms with Crippen LogP contribution in [0.4, 0.5) is 0 Å². The molecule has 1 unspecified atom stereocenters. The van der Waals surface area contributed by atoms with E-state index in [0.717, 1.165) is 10.4 Å². The summed E-state index contributed by atoms with van der Waals surface area (Å²) < 4.78 is 0. The first-order valence-electron chi connectivity index (χ1n) is 7.10. The summed E-state index contributed by atoms with van der Waals surface area (Å²) in [5, 5.41) is 12.3. The van der Waals surface area contributed by atoms with Crippen molar-refractivity contribution in [3.8, 4) is 0 Å². The Labute approximate surface area is 142 Å². The molecule has 0 aliphatic heterocycles. The molecule has 0 fully saturated rings. The van der Waals surface area contributed by atoms with Crippen LogP contribution in [-0.2, 0) is 4.79 Å². The Balaban J connectivity index is 1.71. The van der Waals surface area contributed by atoms with Crippen LogP contribution in [0.15, 0.2) is 53.3 Å². The zero-order chi connectivity index (χ0) is 16.1. The quantitative estimate of drug-likeness (QED) is 0.674. The molecule has 0 bridgehead atoms. The van der Waals surface area contributed by atoms with Crippen LogP contribution >= 0.6 is 23.1 Å². The van der Waals surface area contributed by atoms with E-state index in [1.807, 2.05) is 17.5 Å². The molecule has 1 amide bonds. The monoisotopic (exact) mass is 344 g/mol. The highest BCUT2D eigenvalue weighted by molar-refractivity contribution is 7.99. The van der Waals surface area contributed by atoms with Gasteiger partial charge in [-0.15, -0.1) is 11.3 Å². The van der Waals surface area contributed by atoms with Crippen LogP contribution in [0, 0.1) is 6.92 Å². The molecular formula is C16H16N4OS2. The summed E-state index contributed by atoms with van der Waals surface area (Å²) in [6, 6.07) is 12.2. The fourth-order valence-electron chi connectivity index (χ4n) is 2.13. The molecule has 23 heavy (non-hydrogen) atoms. The van der Waals surface area contributed by atoms with Gasteiger partial charge in [-0.3, -0.25) is 9.89 Å². The van der Waals surface area contributed by atoms with E-state index in [2.05, 4.69) is 51.7 Å². The van der Waals surface area contributed by atoms with Gasteiger partial charge in [-0.2, -0.15) is 5.10 Å². The second kappa shape index (κ2) is 7.43. The van der Waals surface area contributed by atoms with Crippen LogP contribution in [0.5, 0.6) is 0 Å². The van der Waals surface area contributed by atoms with Gasteiger partial charge in [0.15, 0.2) is 5.16 Å². The van der Waals surface area contributed by atoms with Crippen LogP contribution < -0.4 is 5.32 Å². The maximum atomic E-state index is 12.3. The molecule has 5 nitrogen and oxygen atoms in total. The molecule has 0 spiro atoms. The number of thiophene rings is 1. The number of carbonyl (C=O) groups excluding carboxylic acids is 1. The third kappa shape index (κ3) is 4.20. The standard InChI is InChI=1S/C16H16N4OS2/c1-11-4-6-12(7-5-11)15(13-3-2-8-22-13)19-14(21)9-23-16-17-10-18-20-16/h2-8,10,15H,9H2,1H3,(H,19,21)(H,17,18,20). The molecule has 1 atom stereocenters. The van der Waals surface area contributed by atoms with Gasteiger partial charge in [0.05, 0.1) is 11.8 Å². The number of aromatic amines is 1. The van der Waals surface area contributed by atoms with Gasteiger partial charge in [0.1, 0.15) is 6.33 Å². The fourth-order valence-corrected chi connectivity index (χ4v) is 3.53. The predicted molar refractivity (Wildman–Crippen MR) is 92.6 cm³/mol. The van der Waals surface area contributed by atoms with Crippen molar-refractivity contribution in [2.24, 2.45) is 0 Å². The number of hydrogen-bond donors (Lipinski definition) is 2. The molecule has 0 radical (unpaired) electrons. The molecule has 2 aromatic heterocycles. The van der Waals surface area contributed by atoms with E-state index >= 15 is 0 Å². The molecule has 1 aromatic carbocycles. The van der Waals surface area contributed by atoms with Crippen LogP contribution in [0.1, 0.15) is 22.0 Å². The average molecular weight is 344 g/mol. The van der Waals surface area contributed by atoms with E-state index in [0.29, 0.717) is 10.9 Å².